The lowest BCUT2D eigenvalue weighted by atomic mass is 10.2. The van der Waals surface area contributed by atoms with Crippen molar-refractivity contribution in [2.24, 2.45) is 0 Å². The minimum absolute atomic E-state index is 0.242. The number of methoxy groups -OCH3 is 1. The summed E-state index contributed by atoms with van der Waals surface area (Å²) in [5, 5.41) is 0.702. The van der Waals surface area contributed by atoms with Crippen molar-refractivity contribution in [2.75, 3.05) is 33.5 Å². The fraction of sp³-hybridized carbons (Fsp3) is 0.500. The maximum absolute atomic E-state index is 11.9. The summed E-state index contributed by atoms with van der Waals surface area (Å²) in [5.74, 6) is 0. The van der Waals surface area contributed by atoms with Gasteiger partial charge in [-0.25, -0.2) is 13.1 Å². The molecule has 0 spiro atoms. The molecule has 1 aromatic carbocycles. The van der Waals surface area contributed by atoms with Crippen molar-refractivity contribution >= 4 is 26.0 Å². The first-order valence-electron chi connectivity index (χ1n) is 5.81. The lowest BCUT2D eigenvalue weighted by molar-refractivity contribution is 0.0736. The monoisotopic (exact) mass is 351 g/mol. The predicted molar refractivity (Wildman–Crippen MR) is 77.0 cm³/mol. The van der Waals surface area contributed by atoms with E-state index in [0.717, 1.165) is 5.56 Å². The van der Waals surface area contributed by atoms with Crippen molar-refractivity contribution in [1.82, 2.24) is 4.72 Å². The Morgan fingerprint density at radius 1 is 1.16 bits per heavy atom. The van der Waals surface area contributed by atoms with Crippen molar-refractivity contribution in [2.45, 2.75) is 10.2 Å². The van der Waals surface area contributed by atoms with Crippen LogP contribution in [0.25, 0.3) is 0 Å². The van der Waals surface area contributed by atoms with E-state index in [1.165, 1.54) is 0 Å². The molecule has 5 nitrogen and oxygen atoms in total. The number of alkyl halides is 1. The zero-order chi connectivity index (χ0) is 14.1. The third kappa shape index (κ3) is 6.01. The van der Waals surface area contributed by atoms with Crippen LogP contribution in [0.2, 0.25) is 0 Å². The molecule has 7 heteroatoms. The predicted octanol–water partition coefficient (Wildman–Crippen LogP) is 1.52. The Labute approximate surface area is 122 Å². The molecule has 0 amide bonds. The van der Waals surface area contributed by atoms with Crippen molar-refractivity contribution in [3.05, 3.63) is 29.8 Å². The highest BCUT2D eigenvalue weighted by Gasteiger charge is 2.12. The van der Waals surface area contributed by atoms with Crippen molar-refractivity contribution in [3.63, 3.8) is 0 Å². The standard InChI is InChI=1S/C12H18BrNO4S/c1-17-8-9-18-7-6-14-19(15,16)12-4-2-11(10-13)3-5-12/h2-5,14H,6-10H2,1H3. The van der Waals surface area contributed by atoms with Crippen molar-refractivity contribution in [1.29, 1.82) is 0 Å². The summed E-state index contributed by atoms with van der Waals surface area (Å²) in [6.07, 6.45) is 0. The van der Waals surface area contributed by atoms with Gasteiger partial charge in [-0.05, 0) is 17.7 Å². The Balaban J connectivity index is 2.42. The van der Waals surface area contributed by atoms with E-state index in [0.29, 0.717) is 25.2 Å². The first kappa shape index (κ1) is 16.6. The average Bonchev–Trinajstić information content (AvgIpc) is 2.43. The molecule has 1 rings (SSSR count). The molecule has 108 valence electrons. The summed E-state index contributed by atoms with van der Waals surface area (Å²) in [5.41, 5.74) is 1.03. The molecule has 0 heterocycles. The quantitative estimate of drug-likeness (QED) is 0.541. The normalized spacial score (nSPS) is 11.7. The lowest BCUT2D eigenvalue weighted by Gasteiger charge is -2.07. The van der Waals surface area contributed by atoms with Gasteiger partial charge in [-0.3, -0.25) is 0 Å². The first-order chi connectivity index (χ1) is 9.10. The van der Waals surface area contributed by atoms with E-state index in [2.05, 4.69) is 20.7 Å². The van der Waals surface area contributed by atoms with Gasteiger partial charge < -0.3 is 9.47 Å². The van der Waals surface area contributed by atoms with Gasteiger partial charge in [0.25, 0.3) is 0 Å². The maximum Gasteiger partial charge on any atom is 0.240 e. The summed E-state index contributed by atoms with van der Waals surface area (Å²) in [6.45, 7) is 1.52. The van der Waals surface area contributed by atoms with Crippen LogP contribution in [0.1, 0.15) is 5.56 Å². The zero-order valence-electron chi connectivity index (χ0n) is 10.8. The Bertz CT molecular complexity index is 461. The molecule has 0 unspecified atom stereocenters. The minimum atomic E-state index is -3.45. The number of ether oxygens (including phenoxy) is 2. The highest BCUT2D eigenvalue weighted by Crippen LogP contribution is 2.12. The molecular weight excluding hydrogens is 334 g/mol. The van der Waals surface area contributed by atoms with Crippen LogP contribution in [-0.4, -0.2) is 41.9 Å². The van der Waals surface area contributed by atoms with Gasteiger partial charge in [0.15, 0.2) is 0 Å². The number of hydrogen-bond acceptors (Lipinski definition) is 4. The molecule has 0 aliphatic heterocycles. The summed E-state index contributed by atoms with van der Waals surface area (Å²) in [4.78, 5) is 0.258. The largest absolute Gasteiger partial charge is 0.382 e. The number of hydrogen-bond donors (Lipinski definition) is 1. The fourth-order valence-corrected chi connectivity index (χ4v) is 2.72. The molecule has 1 N–H and O–H groups in total. The van der Waals surface area contributed by atoms with Crippen molar-refractivity contribution in [3.8, 4) is 0 Å². The smallest absolute Gasteiger partial charge is 0.240 e. The number of halogens is 1. The molecule has 0 radical (unpaired) electrons. The topological polar surface area (TPSA) is 64.6 Å². The second-order valence-corrected chi connectivity index (χ2v) is 6.11. The lowest BCUT2D eigenvalue weighted by Crippen LogP contribution is -2.27. The van der Waals surface area contributed by atoms with Crippen molar-refractivity contribution < 1.29 is 17.9 Å². The zero-order valence-corrected chi connectivity index (χ0v) is 13.2. The van der Waals surface area contributed by atoms with Crippen LogP contribution in [0.4, 0.5) is 0 Å². The molecule has 0 saturated carbocycles. The summed E-state index contributed by atoms with van der Waals surface area (Å²) >= 11 is 3.31. The van der Waals surface area contributed by atoms with E-state index in [9.17, 15) is 8.42 Å². The third-order valence-corrected chi connectivity index (χ3v) is 4.48. The summed E-state index contributed by atoms with van der Waals surface area (Å²) in [6, 6.07) is 6.73. The Morgan fingerprint density at radius 2 is 1.84 bits per heavy atom. The van der Waals surface area contributed by atoms with Gasteiger partial charge in [0.1, 0.15) is 0 Å². The van der Waals surface area contributed by atoms with Crippen LogP contribution < -0.4 is 4.72 Å². The Kier molecular flexibility index (Phi) is 7.55. The van der Waals surface area contributed by atoms with Crippen LogP contribution in [0.3, 0.4) is 0 Å². The molecule has 0 aliphatic rings. The van der Waals surface area contributed by atoms with Gasteiger partial charge in [0.2, 0.25) is 10.0 Å². The molecule has 0 fully saturated rings. The molecule has 19 heavy (non-hydrogen) atoms. The summed E-state index contributed by atoms with van der Waals surface area (Å²) in [7, 11) is -1.87. The van der Waals surface area contributed by atoms with Crippen LogP contribution in [0.5, 0.6) is 0 Å². The van der Waals surface area contributed by atoms with Gasteiger partial charge in [0.05, 0.1) is 24.7 Å². The third-order valence-electron chi connectivity index (χ3n) is 2.36. The second kappa shape index (κ2) is 8.65. The average molecular weight is 352 g/mol. The van der Waals surface area contributed by atoms with Gasteiger partial charge in [0, 0.05) is 19.0 Å². The minimum Gasteiger partial charge on any atom is -0.382 e. The van der Waals surface area contributed by atoms with E-state index in [4.69, 9.17) is 9.47 Å². The van der Waals surface area contributed by atoms with E-state index in [1.807, 2.05) is 0 Å². The van der Waals surface area contributed by atoms with Crippen LogP contribution in [0.15, 0.2) is 29.2 Å². The molecule has 0 aromatic heterocycles. The van der Waals surface area contributed by atoms with Gasteiger partial charge in [-0.15, -0.1) is 0 Å². The second-order valence-electron chi connectivity index (χ2n) is 3.78. The highest BCUT2D eigenvalue weighted by molar-refractivity contribution is 9.08. The van der Waals surface area contributed by atoms with E-state index < -0.39 is 10.0 Å². The number of rotatable bonds is 9. The molecule has 0 saturated heterocycles. The number of sulfonamides is 1. The number of nitrogens with one attached hydrogen (secondary N) is 1. The summed E-state index contributed by atoms with van der Waals surface area (Å²) < 4.78 is 36.3. The van der Waals surface area contributed by atoms with Crippen LogP contribution in [-0.2, 0) is 24.8 Å². The van der Waals surface area contributed by atoms with Crippen LogP contribution in [0, 0.1) is 0 Å². The Morgan fingerprint density at radius 3 is 2.42 bits per heavy atom. The molecule has 0 aliphatic carbocycles. The van der Waals surface area contributed by atoms with E-state index in [-0.39, 0.29) is 11.4 Å². The maximum atomic E-state index is 11.9. The molecular formula is C12H18BrNO4S. The van der Waals surface area contributed by atoms with Gasteiger partial charge in [-0.1, -0.05) is 28.1 Å². The Hall–Kier alpha value is -0.470. The SMILES string of the molecule is COCCOCCNS(=O)(=O)c1ccc(CBr)cc1. The van der Waals surface area contributed by atoms with E-state index >= 15 is 0 Å². The molecule has 1 aromatic rings. The number of benzene rings is 1. The van der Waals surface area contributed by atoms with Crippen LogP contribution >= 0.6 is 15.9 Å². The van der Waals surface area contributed by atoms with Gasteiger partial charge in [-0.2, -0.15) is 0 Å². The van der Waals surface area contributed by atoms with E-state index in [1.54, 1.807) is 31.4 Å². The fourth-order valence-electron chi connectivity index (χ4n) is 1.33. The molecule has 0 atom stereocenters. The molecule has 0 bridgehead atoms. The van der Waals surface area contributed by atoms with Gasteiger partial charge >= 0.3 is 0 Å². The highest BCUT2D eigenvalue weighted by atomic mass is 79.9. The first-order valence-corrected chi connectivity index (χ1v) is 8.42.